The summed E-state index contributed by atoms with van der Waals surface area (Å²) in [5.74, 6) is 7.54. The number of rotatable bonds is 15. The summed E-state index contributed by atoms with van der Waals surface area (Å²) in [5, 5.41) is 0.296. The van der Waals surface area contributed by atoms with Crippen LogP contribution in [0.4, 0.5) is 0 Å². The van der Waals surface area contributed by atoms with Gasteiger partial charge in [-0.3, -0.25) is 0 Å². The van der Waals surface area contributed by atoms with Gasteiger partial charge in [-0.15, -0.1) is 11.8 Å². The van der Waals surface area contributed by atoms with E-state index >= 15 is 0 Å². The Labute approximate surface area is 199 Å². The molecule has 0 saturated carbocycles. The number of hydrogen-bond donors (Lipinski definition) is 0. The summed E-state index contributed by atoms with van der Waals surface area (Å²) in [4.78, 5) is 0. The quantitative estimate of drug-likeness (QED) is 0.150. The van der Waals surface area contributed by atoms with Gasteiger partial charge in [0.1, 0.15) is 5.75 Å². The molecule has 0 spiro atoms. The first kappa shape index (κ1) is 28.7. The predicted molar refractivity (Wildman–Crippen MR) is 140 cm³/mol. The Morgan fingerprint density at radius 3 is 2.06 bits per heavy atom. The maximum Gasteiger partial charge on any atom is 0.192 e. The van der Waals surface area contributed by atoms with E-state index in [-0.39, 0.29) is 0 Å². The van der Waals surface area contributed by atoms with E-state index in [4.69, 9.17) is 13.9 Å². The summed E-state index contributed by atoms with van der Waals surface area (Å²) >= 11 is 0. The van der Waals surface area contributed by atoms with Crippen molar-refractivity contribution >= 4 is 8.32 Å². The van der Waals surface area contributed by atoms with Gasteiger partial charge in [0.15, 0.2) is 8.32 Å². The van der Waals surface area contributed by atoms with Crippen LogP contribution in [0.5, 0.6) is 5.75 Å². The number of benzene rings is 1. The average Bonchev–Trinajstić information content (AvgIpc) is 2.73. The van der Waals surface area contributed by atoms with Crippen molar-refractivity contribution in [1.29, 1.82) is 0 Å². The van der Waals surface area contributed by atoms with Crippen molar-refractivity contribution in [3.8, 4) is 17.6 Å². The van der Waals surface area contributed by atoms with Gasteiger partial charge < -0.3 is 13.9 Å². The normalized spacial score (nSPS) is 12.8. The standard InChI is InChI=1S/C28H48O3Si/c1-25(31-32(6,7)28(2,3)4)18-16-14-12-10-8-9-11-13-15-17-23-30-24-26-19-21-27(29-5)22-20-26/h19-22,25H,8,10,12-18,23-24H2,1-7H3/t25-/m0/s1. The molecule has 0 unspecified atom stereocenters. The lowest BCUT2D eigenvalue weighted by Gasteiger charge is -2.38. The molecule has 1 rings (SSSR count). The van der Waals surface area contributed by atoms with Gasteiger partial charge in [-0.25, -0.2) is 0 Å². The third-order valence-corrected chi connectivity index (χ3v) is 11.0. The van der Waals surface area contributed by atoms with Crippen LogP contribution >= 0.6 is 0 Å². The van der Waals surface area contributed by atoms with Gasteiger partial charge in [0.05, 0.1) is 13.7 Å². The molecule has 0 heterocycles. The molecule has 32 heavy (non-hydrogen) atoms. The van der Waals surface area contributed by atoms with Gasteiger partial charge in [-0.1, -0.05) is 52.2 Å². The van der Waals surface area contributed by atoms with Crippen molar-refractivity contribution < 1.29 is 13.9 Å². The van der Waals surface area contributed by atoms with Crippen molar-refractivity contribution in [1.82, 2.24) is 0 Å². The molecule has 1 aromatic rings. The topological polar surface area (TPSA) is 27.7 Å². The van der Waals surface area contributed by atoms with Crippen LogP contribution in [-0.2, 0) is 15.8 Å². The maximum absolute atomic E-state index is 6.44. The second kappa shape index (κ2) is 15.5. The summed E-state index contributed by atoms with van der Waals surface area (Å²) in [5.41, 5.74) is 1.18. The first-order chi connectivity index (χ1) is 15.2. The van der Waals surface area contributed by atoms with E-state index in [1.54, 1.807) is 7.11 Å². The van der Waals surface area contributed by atoms with Gasteiger partial charge in [-0.2, -0.15) is 0 Å². The minimum absolute atomic E-state index is 0.296. The average molecular weight is 461 g/mol. The molecular weight excluding hydrogens is 412 g/mol. The van der Waals surface area contributed by atoms with Crippen LogP contribution in [0.15, 0.2) is 24.3 Å². The third-order valence-electron chi connectivity index (χ3n) is 6.36. The van der Waals surface area contributed by atoms with Crippen molar-refractivity contribution in [2.75, 3.05) is 13.7 Å². The number of unbranched alkanes of at least 4 members (excludes halogenated alkanes) is 6. The van der Waals surface area contributed by atoms with Crippen LogP contribution in [-0.4, -0.2) is 28.1 Å². The lowest BCUT2D eigenvalue weighted by atomic mass is 10.1. The minimum Gasteiger partial charge on any atom is -0.497 e. The highest BCUT2D eigenvalue weighted by molar-refractivity contribution is 6.74. The first-order valence-corrected chi connectivity index (χ1v) is 15.4. The van der Waals surface area contributed by atoms with Crippen LogP contribution in [0, 0.1) is 11.8 Å². The van der Waals surface area contributed by atoms with Gasteiger partial charge in [0, 0.05) is 25.6 Å². The van der Waals surface area contributed by atoms with Gasteiger partial charge in [0.2, 0.25) is 0 Å². The smallest absolute Gasteiger partial charge is 0.192 e. The van der Waals surface area contributed by atoms with Crippen LogP contribution in [0.1, 0.15) is 91.0 Å². The molecule has 0 aliphatic rings. The highest BCUT2D eigenvalue weighted by Crippen LogP contribution is 2.37. The Morgan fingerprint density at radius 2 is 1.47 bits per heavy atom. The summed E-state index contributed by atoms with van der Waals surface area (Å²) in [6.07, 6.45) is 10.8. The minimum atomic E-state index is -1.62. The Balaban J connectivity index is 1.94. The SMILES string of the molecule is COc1ccc(COCCCCC#CCCCCCC[C@H](C)O[Si](C)(C)C(C)(C)C)cc1. The Bertz CT molecular complexity index is 665. The first-order valence-electron chi connectivity index (χ1n) is 12.5. The van der Waals surface area contributed by atoms with Crippen LogP contribution in [0.2, 0.25) is 18.1 Å². The molecule has 0 aliphatic heterocycles. The van der Waals surface area contributed by atoms with Gasteiger partial charge in [0.25, 0.3) is 0 Å². The van der Waals surface area contributed by atoms with E-state index < -0.39 is 8.32 Å². The van der Waals surface area contributed by atoms with E-state index in [0.29, 0.717) is 17.7 Å². The van der Waals surface area contributed by atoms with Crippen LogP contribution < -0.4 is 4.74 Å². The van der Waals surface area contributed by atoms with Crippen molar-refractivity contribution in [3.63, 3.8) is 0 Å². The molecule has 0 amide bonds. The fraction of sp³-hybridized carbons (Fsp3) is 0.714. The van der Waals surface area contributed by atoms with E-state index in [1.165, 1.54) is 37.7 Å². The molecule has 0 bridgehead atoms. The molecule has 0 saturated heterocycles. The summed E-state index contributed by atoms with van der Waals surface area (Å²) in [7, 11) is 0.0613. The summed E-state index contributed by atoms with van der Waals surface area (Å²) in [6.45, 7) is 15.3. The Kier molecular flexibility index (Phi) is 14.0. The van der Waals surface area contributed by atoms with Gasteiger partial charge in [-0.05, 0) is 68.4 Å². The fourth-order valence-electron chi connectivity index (χ4n) is 3.24. The molecule has 4 heteroatoms. The van der Waals surface area contributed by atoms with Crippen LogP contribution in [0.3, 0.4) is 0 Å². The molecule has 0 aliphatic carbocycles. The zero-order valence-electron chi connectivity index (χ0n) is 21.9. The highest BCUT2D eigenvalue weighted by atomic mass is 28.4. The highest BCUT2D eigenvalue weighted by Gasteiger charge is 2.38. The molecule has 0 fully saturated rings. The monoisotopic (exact) mass is 460 g/mol. The third kappa shape index (κ3) is 12.7. The van der Waals surface area contributed by atoms with E-state index in [0.717, 1.165) is 38.0 Å². The van der Waals surface area contributed by atoms with E-state index in [2.05, 4.69) is 52.6 Å². The predicted octanol–water partition coefficient (Wildman–Crippen LogP) is 8.14. The lowest BCUT2D eigenvalue weighted by Crippen LogP contribution is -2.43. The van der Waals surface area contributed by atoms with Crippen LogP contribution in [0.25, 0.3) is 0 Å². The molecule has 3 nitrogen and oxygen atoms in total. The number of hydrogen-bond acceptors (Lipinski definition) is 3. The molecule has 1 aromatic carbocycles. The fourth-order valence-corrected chi connectivity index (χ4v) is 4.72. The molecule has 0 N–H and O–H groups in total. The number of ether oxygens (including phenoxy) is 2. The van der Waals surface area contributed by atoms with E-state index in [1.807, 2.05) is 24.3 Å². The zero-order valence-corrected chi connectivity index (χ0v) is 22.9. The molecule has 0 aromatic heterocycles. The lowest BCUT2D eigenvalue weighted by molar-refractivity contribution is 0.117. The summed E-state index contributed by atoms with van der Waals surface area (Å²) < 4.78 is 17.3. The maximum atomic E-state index is 6.44. The molecular formula is C28H48O3Si. The molecule has 0 radical (unpaired) electrons. The molecule has 1 atom stereocenters. The molecule has 182 valence electrons. The van der Waals surface area contributed by atoms with Gasteiger partial charge >= 0.3 is 0 Å². The Morgan fingerprint density at radius 1 is 0.875 bits per heavy atom. The second-order valence-electron chi connectivity index (χ2n) is 10.4. The second-order valence-corrected chi connectivity index (χ2v) is 15.1. The Hall–Kier alpha value is -1.28. The largest absolute Gasteiger partial charge is 0.497 e. The van der Waals surface area contributed by atoms with E-state index in [9.17, 15) is 0 Å². The zero-order chi connectivity index (χ0) is 23.9. The van der Waals surface area contributed by atoms with Crippen molar-refractivity contribution in [2.45, 2.75) is 116 Å². The van der Waals surface area contributed by atoms with Crippen molar-refractivity contribution in [2.24, 2.45) is 0 Å². The summed E-state index contributed by atoms with van der Waals surface area (Å²) in [6, 6.07) is 8.04. The van der Waals surface area contributed by atoms with Crippen molar-refractivity contribution in [3.05, 3.63) is 29.8 Å². The number of methoxy groups -OCH3 is 1.